The lowest BCUT2D eigenvalue weighted by Crippen LogP contribution is -2.34. The molecule has 6 nitrogen and oxygen atoms in total. The number of halogens is 1. The number of oxazole rings is 1. The van der Waals surface area contributed by atoms with Gasteiger partial charge in [0.1, 0.15) is 0 Å². The van der Waals surface area contributed by atoms with Gasteiger partial charge in [-0.15, -0.1) is 12.4 Å². The van der Waals surface area contributed by atoms with E-state index in [0.717, 1.165) is 25.7 Å². The molecular formula is C15H20ClN3O3. The lowest BCUT2D eigenvalue weighted by Gasteiger charge is -2.25. The van der Waals surface area contributed by atoms with E-state index in [4.69, 9.17) is 10.2 Å². The Bertz CT molecular complexity index is 737. The number of carbonyl (C=O) groups is 1. The molecule has 3 N–H and O–H groups in total. The van der Waals surface area contributed by atoms with Crippen molar-refractivity contribution < 1.29 is 9.21 Å². The third-order valence-corrected chi connectivity index (χ3v) is 4.14. The average Bonchev–Trinajstić information content (AvgIpc) is 2.74. The Morgan fingerprint density at radius 2 is 2.18 bits per heavy atom. The molecule has 1 heterocycles. The van der Waals surface area contributed by atoms with Gasteiger partial charge in [-0.25, -0.2) is 4.79 Å². The molecule has 0 aliphatic heterocycles. The van der Waals surface area contributed by atoms with Crippen molar-refractivity contribution in [2.75, 3.05) is 5.32 Å². The van der Waals surface area contributed by atoms with Gasteiger partial charge in [-0.1, -0.05) is 6.42 Å². The van der Waals surface area contributed by atoms with Gasteiger partial charge in [-0.05, 0) is 37.5 Å². The second kappa shape index (κ2) is 6.54. The third-order valence-electron chi connectivity index (χ3n) is 4.14. The zero-order chi connectivity index (χ0) is 15.0. The summed E-state index contributed by atoms with van der Waals surface area (Å²) in [6.45, 7) is 0. The molecule has 2 aromatic rings. The first kappa shape index (κ1) is 16.6. The van der Waals surface area contributed by atoms with Crippen molar-refractivity contribution in [3.63, 3.8) is 0 Å². The van der Waals surface area contributed by atoms with Crippen molar-refractivity contribution in [2.45, 2.75) is 31.7 Å². The zero-order valence-electron chi connectivity index (χ0n) is 12.4. The Balaban J connectivity index is 0.00000176. The summed E-state index contributed by atoms with van der Waals surface area (Å²) in [5.74, 6) is -0.442. The summed E-state index contributed by atoms with van der Waals surface area (Å²) in [6, 6.07) is 5.30. The minimum atomic E-state index is -0.410. The number of nitrogens with two attached hydrogens (primary N) is 1. The van der Waals surface area contributed by atoms with Crippen molar-refractivity contribution in [2.24, 2.45) is 18.7 Å². The van der Waals surface area contributed by atoms with Crippen molar-refractivity contribution in [1.29, 1.82) is 0 Å². The van der Waals surface area contributed by atoms with Gasteiger partial charge in [0.2, 0.25) is 5.91 Å². The Morgan fingerprint density at radius 1 is 1.41 bits per heavy atom. The minimum Gasteiger partial charge on any atom is -0.408 e. The molecule has 1 aromatic carbocycles. The number of amides is 1. The molecule has 1 aromatic heterocycles. The average molecular weight is 326 g/mol. The van der Waals surface area contributed by atoms with Gasteiger partial charge in [0.05, 0.1) is 5.52 Å². The molecule has 0 bridgehead atoms. The van der Waals surface area contributed by atoms with E-state index < -0.39 is 5.76 Å². The summed E-state index contributed by atoms with van der Waals surface area (Å²) < 4.78 is 6.49. The van der Waals surface area contributed by atoms with Crippen LogP contribution in [0.15, 0.2) is 27.4 Å². The summed E-state index contributed by atoms with van der Waals surface area (Å²) in [4.78, 5) is 23.7. The van der Waals surface area contributed by atoms with Crippen LogP contribution in [-0.4, -0.2) is 16.5 Å². The van der Waals surface area contributed by atoms with E-state index in [9.17, 15) is 9.59 Å². The summed E-state index contributed by atoms with van der Waals surface area (Å²) in [6.07, 6.45) is 3.60. The number of rotatable bonds is 2. The number of hydrogen-bond acceptors (Lipinski definition) is 4. The maximum Gasteiger partial charge on any atom is 0.419 e. The van der Waals surface area contributed by atoms with Crippen LogP contribution in [0.3, 0.4) is 0 Å². The van der Waals surface area contributed by atoms with Crippen LogP contribution in [-0.2, 0) is 11.8 Å². The van der Waals surface area contributed by atoms with E-state index in [2.05, 4.69) is 5.32 Å². The lowest BCUT2D eigenvalue weighted by atomic mass is 9.85. The van der Waals surface area contributed by atoms with Crippen molar-refractivity contribution >= 4 is 35.1 Å². The third kappa shape index (κ3) is 3.18. The molecule has 22 heavy (non-hydrogen) atoms. The fraction of sp³-hybridized carbons (Fsp3) is 0.467. The van der Waals surface area contributed by atoms with E-state index in [1.807, 2.05) is 0 Å². The molecular weight excluding hydrogens is 306 g/mol. The van der Waals surface area contributed by atoms with Crippen LogP contribution in [0.5, 0.6) is 0 Å². The van der Waals surface area contributed by atoms with Crippen LogP contribution >= 0.6 is 12.4 Å². The molecule has 0 saturated heterocycles. The molecule has 2 unspecified atom stereocenters. The highest BCUT2D eigenvalue weighted by atomic mass is 35.5. The number of aryl methyl sites for hydroxylation is 1. The van der Waals surface area contributed by atoms with Crippen LogP contribution in [0.25, 0.3) is 11.1 Å². The fourth-order valence-corrected chi connectivity index (χ4v) is 2.91. The number of nitrogens with zero attached hydrogens (tertiary/aromatic N) is 1. The second-order valence-corrected chi connectivity index (χ2v) is 5.72. The maximum absolute atomic E-state index is 12.3. The number of carbonyl (C=O) groups excluding carboxylic acids is 1. The van der Waals surface area contributed by atoms with Gasteiger partial charge in [0, 0.05) is 24.7 Å². The van der Waals surface area contributed by atoms with E-state index >= 15 is 0 Å². The highest BCUT2D eigenvalue weighted by Gasteiger charge is 2.25. The second-order valence-electron chi connectivity index (χ2n) is 5.72. The minimum absolute atomic E-state index is 0. The number of benzene rings is 1. The largest absolute Gasteiger partial charge is 0.419 e. The van der Waals surface area contributed by atoms with Gasteiger partial charge >= 0.3 is 5.76 Å². The maximum atomic E-state index is 12.3. The highest BCUT2D eigenvalue weighted by Crippen LogP contribution is 2.25. The van der Waals surface area contributed by atoms with Crippen molar-refractivity contribution in [3.05, 3.63) is 28.7 Å². The molecule has 1 aliphatic carbocycles. The number of nitrogens with one attached hydrogen (secondary N) is 1. The normalized spacial score (nSPS) is 21.4. The fourth-order valence-electron chi connectivity index (χ4n) is 2.91. The molecule has 1 saturated carbocycles. The monoisotopic (exact) mass is 325 g/mol. The van der Waals surface area contributed by atoms with Crippen LogP contribution in [0.2, 0.25) is 0 Å². The SMILES string of the molecule is Cl.Cn1c(=O)oc2ccc(NC(=O)C3CCCC(N)C3)cc21. The van der Waals surface area contributed by atoms with E-state index in [1.54, 1.807) is 25.2 Å². The predicted molar refractivity (Wildman–Crippen MR) is 87.3 cm³/mol. The van der Waals surface area contributed by atoms with Gasteiger partial charge in [-0.3, -0.25) is 9.36 Å². The van der Waals surface area contributed by atoms with Crippen LogP contribution in [0, 0.1) is 5.92 Å². The summed E-state index contributed by atoms with van der Waals surface area (Å²) in [5.41, 5.74) is 7.77. The smallest absolute Gasteiger partial charge is 0.408 e. The molecule has 7 heteroatoms. The van der Waals surface area contributed by atoms with Crippen LogP contribution in [0.1, 0.15) is 25.7 Å². The van der Waals surface area contributed by atoms with Crippen molar-refractivity contribution in [1.82, 2.24) is 4.57 Å². The highest BCUT2D eigenvalue weighted by molar-refractivity contribution is 5.94. The number of anilines is 1. The Labute approximate surface area is 134 Å². The van der Waals surface area contributed by atoms with Crippen LogP contribution < -0.4 is 16.8 Å². The van der Waals surface area contributed by atoms with Gasteiger partial charge in [-0.2, -0.15) is 0 Å². The lowest BCUT2D eigenvalue weighted by molar-refractivity contribution is -0.120. The van der Waals surface area contributed by atoms with E-state index in [0.29, 0.717) is 16.8 Å². The van der Waals surface area contributed by atoms with Gasteiger partial charge < -0.3 is 15.5 Å². The Kier molecular flexibility index (Phi) is 4.93. The van der Waals surface area contributed by atoms with Gasteiger partial charge in [0.25, 0.3) is 0 Å². The molecule has 0 radical (unpaired) electrons. The Hall–Kier alpha value is -1.79. The molecule has 0 spiro atoms. The summed E-state index contributed by atoms with van der Waals surface area (Å²) >= 11 is 0. The standard InChI is InChI=1S/C15H19N3O3.ClH/c1-18-12-8-11(5-6-13(12)21-15(18)20)17-14(19)9-3-2-4-10(16)7-9;/h5-6,8-10H,2-4,7,16H2,1H3,(H,17,19);1H. The predicted octanol–water partition coefficient (Wildman–Crippen LogP) is 2.01. The number of hydrogen-bond donors (Lipinski definition) is 2. The molecule has 120 valence electrons. The number of fused-ring (bicyclic) bond motifs is 1. The first-order chi connectivity index (χ1) is 10.0. The number of aromatic nitrogens is 1. The van der Waals surface area contributed by atoms with E-state index in [1.165, 1.54) is 4.57 Å². The molecule has 1 amide bonds. The first-order valence-corrected chi connectivity index (χ1v) is 7.20. The summed E-state index contributed by atoms with van der Waals surface area (Å²) in [5, 5.41) is 2.91. The summed E-state index contributed by atoms with van der Waals surface area (Å²) in [7, 11) is 1.64. The quantitative estimate of drug-likeness (QED) is 0.883. The van der Waals surface area contributed by atoms with Gasteiger partial charge in [0.15, 0.2) is 5.58 Å². The first-order valence-electron chi connectivity index (χ1n) is 7.20. The molecule has 1 fully saturated rings. The van der Waals surface area contributed by atoms with Crippen LogP contribution in [0.4, 0.5) is 5.69 Å². The molecule has 3 rings (SSSR count). The molecule has 1 aliphatic rings. The molecule has 2 atom stereocenters. The zero-order valence-corrected chi connectivity index (χ0v) is 13.2. The van der Waals surface area contributed by atoms with E-state index in [-0.39, 0.29) is 30.3 Å². The van der Waals surface area contributed by atoms with Crippen molar-refractivity contribution in [3.8, 4) is 0 Å². The topological polar surface area (TPSA) is 90.3 Å². The Morgan fingerprint density at radius 3 is 2.91 bits per heavy atom.